The summed E-state index contributed by atoms with van der Waals surface area (Å²) >= 11 is 0. The number of hydrogen-bond acceptors (Lipinski definition) is 5. The Morgan fingerprint density at radius 1 is 1.22 bits per heavy atom. The van der Waals surface area contributed by atoms with Crippen molar-refractivity contribution in [2.24, 2.45) is 16.7 Å². The van der Waals surface area contributed by atoms with Gasteiger partial charge in [0.15, 0.2) is 0 Å². The fraction of sp³-hybridized carbons (Fsp3) is 0.769. The van der Waals surface area contributed by atoms with Gasteiger partial charge in [-0.15, -0.1) is 0 Å². The summed E-state index contributed by atoms with van der Waals surface area (Å²) < 4.78 is 5.58. The molecule has 2 saturated carbocycles. The first kappa shape index (κ1) is 23.7. The van der Waals surface area contributed by atoms with E-state index in [-0.39, 0.29) is 16.7 Å². The maximum absolute atomic E-state index is 12.8. The SMILES string of the molecule is CC1(O)CCC2(CCC(=O)NCc3cccnc3)C(NC3CCOCC3)CC(C)(C)C2C1. The fourth-order valence-corrected chi connectivity index (χ4v) is 6.75. The number of nitrogens with zero attached hydrogens (tertiary/aromatic N) is 1. The second-order valence-corrected chi connectivity index (χ2v) is 11.4. The van der Waals surface area contributed by atoms with Gasteiger partial charge in [-0.1, -0.05) is 19.9 Å². The quantitative estimate of drug-likeness (QED) is 0.600. The van der Waals surface area contributed by atoms with Crippen molar-refractivity contribution in [3.63, 3.8) is 0 Å². The maximum atomic E-state index is 12.8. The summed E-state index contributed by atoms with van der Waals surface area (Å²) in [5, 5.41) is 18.0. The molecule has 4 unspecified atom stereocenters. The van der Waals surface area contributed by atoms with Crippen molar-refractivity contribution in [1.29, 1.82) is 0 Å². The highest BCUT2D eigenvalue weighted by Gasteiger charge is 2.61. The number of hydrogen-bond donors (Lipinski definition) is 3. The topological polar surface area (TPSA) is 83.5 Å². The maximum Gasteiger partial charge on any atom is 0.220 e. The number of carbonyl (C=O) groups is 1. The van der Waals surface area contributed by atoms with Crippen molar-refractivity contribution in [2.45, 2.75) is 96.4 Å². The third kappa shape index (κ3) is 5.18. The molecule has 1 saturated heterocycles. The summed E-state index contributed by atoms with van der Waals surface area (Å²) in [6.45, 7) is 8.90. The number of rotatable bonds is 7. The van der Waals surface area contributed by atoms with Gasteiger partial charge < -0.3 is 20.5 Å². The summed E-state index contributed by atoms with van der Waals surface area (Å²) in [6.07, 6.45) is 10.8. The number of aromatic nitrogens is 1. The van der Waals surface area contributed by atoms with E-state index in [1.807, 2.05) is 19.1 Å². The Hall–Kier alpha value is -1.50. The fourth-order valence-electron chi connectivity index (χ4n) is 6.75. The molecule has 4 rings (SSSR count). The molecule has 3 aliphatic rings. The molecule has 0 radical (unpaired) electrons. The van der Waals surface area contributed by atoms with Crippen molar-refractivity contribution < 1.29 is 14.6 Å². The molecule has 0 bridgehead atoms. The van der Waals surface area contributed by atoms with Gasteiger partial charge in [0.05, 0.1) is 5.60 Å². The van der Waals surface area contributed by atoms with E-state index in [0.29, 0.717) is 31.0 Å². The molecule has 1 aliphatic heterocycles. The second-order valence-electron chi connectivity index (χ2n) is 11.4. The minimum absolute atomic E-state index is 0.0513. The molecule has 1 aromatic heterocycles. The van der Waals surface area contributed by atoms with Gasteiger partial charge in [0, 0.05) is 50.7 Å². The highest BCUT2D eigenvalue weighted by Crippen LogP contribution is 2.64. The first-order valence-electron chi connectivity index (χ1n) is 12.4. The lowest BCUT2D eigenvalue weighted by Crippen LogP contribution is -2.54. The molecule has 6 heteroatoms. The Morgan fingerprint density at radius 3 is 2.72 bits per heavy atom. The highest BCUT2D eigenvalue weighted by atomic mass is 16.5. The van der Waals surface area contributed by atoms with Crippen LogP contribution in [0.1, 0.15) is 77.7 Å². The van der Waals surface area contributed by atoms with E-state index in [4.69, 9.17) is 4.74 Å². The predicted octanol–water partition coefficient (Wildman–Crippen LogP) is 3.58. The third-order valence-electron chi connectivity index (χ3n) is 8.52. The average molecular weight is 444 g/mol. The number of aliphatic hydroxyl groups is 1. The lowest BCUT2D eigenvalue weighted by atomic mass is 9.57. The van der Waals surface area contributed by atoms with Crippen LogP contribution in [0.2, 0.25) is 0 Å². The van der Waals surface area contributed by atoms with Crippen LogP contribution in [0.15, 0.2) is 24.5 Å². The van der Waals surface area contributed by atoms with Crippen molar-refractivity contribution in [2.75, 3.05) is 13.2 Å². The number of carbonyl (C=O) groups excluding carboxylic acids is 1. The third-order valence-corrected chi connectivity index (χ3v) is 8.52. The lowest BCUT2D eigenvalue weighted by Gasteiger charge is -2.51. The molecule has 1 aromatic rings. The van der Waals surface area contributed by atoms with Crippen LogP contribution in [0, 0.1) is 16.7 Å². The van der Waals surface area contributed by atoms with Crippen molar-refractivity contribution in [3.8, 4) is 0 Å². The summed E-state index contributed by atoms with van der Waals surface area (Å²) in [5.41, 5.74) is 0.600. The van der Waals surface area contributed by atoms with Crippen LogP contribution in [0.25, 0.3) is 0 Å². The normalized spacial score (nSPS) is 34.8. The molecule has 3 fully saturated rings. The van der Waals surface area contributed by atoms with Crippen LogP contribution >= 0.6 is 0 Å². The van der Waals surface area contributed by atoms with Gasteiger partial charge in [-0.25, -0.2) is 0 Å². The van der Waals surface area contributed by atoms with Crippen LogP contribution < -0.4 is 10.6 Å². The Bertz CT molecular complexity index is 776. The first-order chi connectivity index (χ1) is 15.2. The number of ether oxygens (including phenoxy) is 1. The zero-order valence-corrected chi connectivity index (χ0v) is 20.0. The second kappa shape index (κ2) is 9.40. The molecule has 0 aromatic carbocycles. The Labute approximate surface area is 192 Å². The van der Waals surface area contributed by atoms with Crippen molar-refractivity contribution in [3.05, 3.63) is 30.1 Å². The summed E-state index contributed by atoms with van der Waals surface area (Å²) in [7, 11) is 0. The standard InChI is InChI=1S/C26H41N3O3/c1-24(2)16-22(29-20-7-13-32-14-8-20)26(11-10-25(3,31)15-21(24)26)9-6-23(30)28-18-19-5-4-12-27-17-19/h4-5,12,17,20-22,29,31H,6-11,13-16,18H2,1-3H3,(H,28,30). The summed E-state index contributed by atoms with van der Waals surface area (Å²) in [6, 6.07) is 4.75. The number of fused-ring (bicyclic) bond motifs is 1. The molecule has 2 aliphatic carbocycles. The molecule has 6 nitrogen and oxygen atoms in total. The Balaban J connectivity index is 1.47. The minimum Gasteiger partial charge on any atom is -0.390 e. The first-order valence-corrected chi connectivity index (χ1v) is 12.4. The lowest BCUT2D eigenvalue weighted by molar-refractivity contribution is -0.123. The van der Waals surface area contributed by atoms with Crippen LogP contribution in [0.4, 0.5) is 0 Å². The van der Waals surface area contributed by atoms with E-state index in [1.165, 1.54) is 0 Å². The van der Waals surface area contributed by atoms with Gasteiger partial charge in [-0.3, -0.25) is 9.78 Å². The molecule has 0 spiro atoms. The van der Waals surface area contributed by atoms with Crippen LogP contribution in [-0.4, -0.2) is 46.9 Å². The highest BCUT2D eigenvalue weighted by molar-refractivity contribution is 5.75. The van der Waals surface area contributed by atoms with Crippen LogP contribution in [0.5, 0.6) is 0 Å². The minimum atomic E-state index is -0.610. The van der Waals surface area contributed by atoms with Crippen LogP contribution in [-0.2, 0) is 16.1 Å². The smallest absolute Gasteiger partial charge is 0.220 e. The molecular weight excluding hydrogens is 402 g/mol. The van der Waals surface area contributed by atoms with E-state index in [9.17, 15) is 9.90 Å². The van der Waals surface area contributed by atoms with Gasteiger partial charge in [0.25, 0.3) is 0 Å². The number of pyridine rings is 1. The van der Waals surface area contributed by atoms with Gasteiger partial charge in [0.2, 0.25) is 5.91 Å². The van der Waals surface area contributed by atoms with E-state index < -0.39 is 5.60 Å². The van der Waals surface area contributed by atoms with Gasteiger partial charge >= 0.3 is 0 Å². The Kier molecular flexibility index (Phi) is 6.94. The zero-order chi connectivity index (χ0) is 22.8. The molecule has 2 heterocycles. The number of amides is 1. The van der Waals surface area contributed by atoms with Gasteiger partial charge in [-0.05, 0) is 80.2 Å². The predicted molar refractivity (Wildman–Crippen MR) is 125 cm³/mol. The van der Waals surface area contributed by atoms with Crippen LogP contribution in [0.3, 0.4) is 0 Å². The van der Waals surface area contributed by atoms with E-state index in [2.05, 4.69) is 29.5 Å². The Morgan fingerprint density at radius 2 is 2.00 bits per heavy atom. The zero-order valence-electron chi connectivity index (χ0n) is 20.0. The van der Waals surface area contributed by atoms with Crippen molar-refractivity contribution in [1.82, 2.24) is 15.6 Å². The van der Waals surface area contributed by atoms with E-state index in [0.717, 1.165) is 63.7 Å². The average Bonchev–Trinajstić information content (AvgIpc) is 2.98. The van der Waals surface area contributed by atoms with Gasteiger partial charge in [0.1, 0.15) is 0 Å². The molecule has 178 valence electrons. The van der Waals surface area contributed by atoms with Crippen molar-refractivity contribution >= 4 is 5.91 Å². The molecule has 1 amide bonds. The largest absolute Gasteiger partial charge is 0.390 e. The van der Waals surface area contributed by atoms with Gasteiger partial charge in [-0.2, -0.15) is 0 Å². The summed E-state index contributed by atoms with van der Waals surface area (Å²) in [4.78, 5) is 16.9. The molecule has 4 atom stereocenters. The number of nitrogens with one attached hydrogen (secondary N) is 2. The molecule has 32 heavy (non-hydrogen) atoms. The summed E-state index contributed by atoms with van der Waals surface area (Å²) in [5.74, 6) is 0.510. The monoisotopic (exact) mass is 443 g/mol. The van der Waals surface area contributed by atoms with E-state index in [1.54, 1.807) is 12.4 Å². The molecule has 3 N–H and O–H groups in total. The molecular formula is C26H41N3O3. The van der Waals surface area contributed by atoms with E-state index >= 15 is 0 Å².